The van der Waals surface area contributed by atoms with E-state index in [2.05, 4.69) is 30.6 Å². The van der Waals surface area contributed by atoms with Crippen molar-refractivity contribution in [2.24, 2.45) is 0 Å². The molecule has 0 spiro atoms. The van der Waals surface area contributed by atoms with E-state index in [1.54, 1.807) is 18.5 Å². The first-order valence-corrected chi connectivity index (χ1v) is 4.72. The molecule has 0 radical (unpaired) electrons. The number of rotatable bonds is 1. The summed E-state index contributed by atoms with van der Waals surface area (Å²) in [4.78, 5) is 18.1. The van der Waals surface area contributed by atoms with Gasteiger partial charge in [0.15, 0.2) is 0 Å². The predicted molar refractivity (Wildman–Crippen MR) is 55.1 cm³/mol. The fraction of sp³-hybridized carbons (Fsp3) is 0.111. The van der Waals surface area contributed by atoms with E-state index in [1.807, 2.05) is 0 Å². The fourth-order valence-electron chi connectivity index (χ4n) is 1.24. The molecule has 2 aromatic rings. The molecule has 2 aromatic heterocycles. The second kappa shape index (κ2) is 3.42. The number of hydrogen-bond donors (Lipinski definition) is 1. The van der Waals surface area contributed by atoms with Crippen LogP contribution in [0.15, 0.2) is 22.9 Å². The summed E-state index contributed by atoms with van der Waals surface area (Å²) >= 11 is 3.35. The van der Waals surface area contributed by atoms with E-state index >= 15 is 0 Å². The number of esters is 1. The van der Waals surface area contributed by atoms with Crippen LogP contribution in [0.1, 0.15) is 10.5 Å². The number of pyridine rings is 1. The topological polar surface area (TPSA) is 55.0 Å². The van der Waals surface area contributed by atoms with E-state index < -0.39 is 0 Å². The summed E-state index contributed by atoms with van der Waals surface area (Å²) < 4.78 is 5.45. The van der Waals surface area contributed by atoms with Gasteiger partial charge in [0.1, 0.15) is 5.69 Å². The zero-order valence-electron chi connectivity index (χ0n) is 7.37. The first-order valence-electron chi connectivity index (χ1n) is 3.93. The number of halogens is 1. The Kier molecular flexibility index (Phi) is 2.25. The highest BCUT2D eigenvalue weighted by molar-refractivity contribution is 9.10. The summed E-state index contributed by atoms with van der Waals surface area (Å²) in [6, 6.07) is 1.73. The lowest BCUT2D eigenvalue weighted by Crippen LogP contribution is -2.00. The third-order valence-electron chi connectivity index (χ3n) is 1.90. The van der Waals surface area contributed by atoms with Crippen molar-refractivity contribution in [3.05, 3.63) is 28.6 Å². The van der Waals surface area contributed by atoms with Crippen LogP contribution >= 0.6 is 15.9 Å². The molecular formula is C9H7BrN2O2. The third-order valence-corrected chi connectivity index (χ3v) is 2.53. The number of nitrogens with one attached hydrogen (secondary N) is 1. The van der Waals surface area contributed by atoms with Gasteiger partial charge in [-0.15, -0.1) is 0 Å². The van der Waals surface area contributed by atoms with Crippen molar-refractivity contribution in [3.63, 3.8) is 0 Å². The average Bonchev–Trinajstić information content (AvgIpc) is 2.62. The Morgan fingerprint density at radius 2 is 2.36 bits per heavy atom. The number of fused-ring (bicyclic) bond motifs is 1. The molecule has 0 saturated carbocycles. The van der Waals surface area contributed by atoms with Crippen molar-refractivity contribution in [3.8, 4) is 0 Å². The van der Waals surface area contributed by atoms with E-state index in [0.29, 0.717) is 5.69 Å². The molecule has 1 N–H and O–H groups in total. The van der Waals surface area contributed by atoms with Crippen LogP contribution in [0.5, 0.6) is 0 Å². The van der Waals surface area contributed by atoms with Gasteiger partial charge >= 0.3 is 5.97 Å². The predicted octanol–water partition coefficient (Wildman–Crippen LogP) is 2.11. The van der Waals surface area contributed by atoms with Crippen LogP contribution < -0.4 is 0 Å². The molecule has 2 rings (SSSR count). The Morgan fingerprint density at radius 3 is 3.00 bits per heavy atom. The third kappa shape index (κ3) is 1.39. The fourth-order valence-corrected chi connectivity index (χ4v) is 1.68. The molecule has 0 aliphatic carbocycles. The smallest absolute Gasteiger partial charge is 0.354 e. The van der Waals surface area contributed by atoms with Gasteiger partial charge in [0.2, 0.25) is 0 Å². The number of aromatic nitrogens is 2. The Bertz CT molecular complexity index is 493. The number of carbonyl (C=O) groups excluding carboxylic acids is 1. The summed E-state index contributed by atoms with van der Waals surface area (Å²) in [5.41, 5.74) is 1.23. The summed E-state index contributed by atoms with van der Waals surface area (Å²) in [5, 5.41) is 0.917. The molecule has 0 aromatic carbocycles. The Morgan fingerprint density at radius 1 is 1.57 bits per heavy atom. The number of methoxy groups -OCH3 is 1. The van der Waals surface area contributed by atoms with Crippen LogP contribution in [0.3, 0.4) is 0 Å². The minimum atomic E-state index is -0.381. The molecule has 0 amide bonds. The van der Waals surface area contributed by atoms with Gasteiger partial charge in [0, 0.05) is 16.1 Å². The molecule has 72 valence electrons. The first kappa shape index (κ1) is 9.21. The Labute approximate surface area is 88.4 Å². The van der Waals surface area contributed by atoms with E-state index in [0.717, 1.165) is 15.4 Å². The molecule has 0 unspecified atom stereocenters. The number of carbonyl (C=O) groups is 1. The number of hydrogen-bond acceptors (Lipinski definition) is 3. The molecule has 0 fully saturated rings. The second-order valence-corrected chi connectivity index (χ2v) is 3.61. The van der Waals surface area contributed by atoms with E-state index in [4.69, 9.17) is 0 Å². The van der Waals surface area contributed by atoms with Crippen LogP contribution in [-0.2, 0) is 4.74 Å². The maximum absolute atomic E-state index is 11.2. The van der Waals surface area contributed by atoms with Gasteiger partial charge in [0.25, 0.3) is 0 Å². The standard InChI is InChI=1S/C9H7BrN2O2/c1-14-9(13)7-2-5-6(10)3-11-4-8(5)12-7/h2-4,12H,1H3. The van der Waals surface area contributed by atoms with Crippen LogP contribution in [0.2, 0.25) is 0 Å². The van der Waals surface area contributed by atoms with E-state index in [-0.39, 0.29) is 5.97 Å². The monoisotopic (exact) mass is 254 g/mol. The van der Waals surface area contributed by atoms with Crippen molar-refractivity contribution in [2.45, 2.75) is 0 Å². The van der Waals surface area contributed by atoms with Crippen LogP contribution in [-0.4, -0.2) is 23.0 Å². The zero-order chi connectivity index (χ0) is 10.1. The normalized spacial score (nSPS) is 10.4. The van der Waals surface area contributed by atoms with E-state index in [9.17, 15) is 4.79 Å². The highest BCUT2D eigenvalue weighted by Gasteiger charge is 2.10. The lowest BCUT2D eigenvalue weighted by Gasteiger charge is -1.91. The minimum Gasteiger partial charge on any atom is -0.464 e. The molecule has 2 heterocycles. The lowest BCUT2D eigenvalue weighted by molar-refractivity contribution is 0.0595. The van der Waals surface area contributed by atoms with Crippen molar-refractivity contribution in [2.75, 3.05) is 7.11 Å². The van der Waals surface area contributed by atoms with Gasteiger partial charge in [-0.1, -0.05) is 0 Å². The first-order chi connectivity index (χ1) is 6.72. The molecule has 0 bridgehead atoms. The molecule has 0 saturated heterocycles. The highest BCUT2D eigenvalue weighted by atomic mass is 79.9. The van der Waals surface area contributed by atoms with Crippen LogP contribution in [0.25, 0.3) is 10.9 Å². The van der Waals surface area contributed by atoms with Crippen molar-refractivity contribution < 1.29 is 9.53 Å². The van der Waals surface area contributed by atoms with Crippen molar-refractivity contribution in [1.29, 1.82) is 0 Å². The highest BCUT2D eigenvalue weighted by Crippen LogP contribution is 2.23. The van der Waals surface area contributed by atoms with Crippen LogP contribution in [0.4, 0.5) is 0 Å². The quantitative estimate of drug-likeness (QED) is 0.794. The second-order valence-electron chi connectivity index (χ2n) is 2.76. The molecule has 4 nitrogen and oxygen atoms in total. The summed E-state index contributed by atoms with van der Waals surface area (Å²) in [6.07, 6.45) is 3.34. The van der Waals surface area contributed by atoms with Gasteiger partial charge in [-0.05, 0) is 22.0 Å². The van der Waals surface area contributed by atoms with Gasteiger partial charge in [0.05, 0.1) is 18.8 Å². The SMILES string of the molecule is COC(=O)c1cc2c(Br)cncc2[nH]1. The number of ether oxygens (including phenoxy) is 1. The molecule has 5 heteroatoms. The minimum absolute atomic E-state index is 0.381. The van der Waals surface area contributed by atoms with Gasteiger partial charge in [-0.2, -0.15) is 0 Å². The average molecular weight is 255 g/mol. The number of aromatic amines is 1. The summed E-state index contributed by atoms with van der Waals surface area (Å²) in [7, 11) is 1.35. The Balaban J connectivity index is 2.62. The largest absolute Gasteiger partial charge is 0.464 e. The zero-order valence-corrected chi connectivity index (χ0v) is 8.96. The molecule has 0 aliphatic heterocycles. The van der Waals surface area contributed by atoms with Gasteiger partial charge in [-0.25, -0.2) is 4.79 Å². The van der Waals surface area contributed by atoms with Crippen molar-refractivity contribution in [1.82, 2.24) is 9.97 Å². The molecule has 0 atom stereocenters. The maximum Gasteiger partial charge on any atom is 0.354 e. The number of H-pyrrole nitrogens is 1. The summed E-state index contributed by atoms with van der Waals surface area (Å²) in [5.74, 6) is -0.381. The summed E-state index contributed by atoms with van der Waals surface area (Å²) in [6.45, 7) is 0. The van der Waals surface area contributed by atoms with Crippen LogP contribution in [0, 0.1) is 0 Å². The lowest BCUT2D eigenvalue weighted by atomic mass is 10.3. The van der Waals surface area contributed by atoms with Gasteiger partial charge in [-0.3, -0.25) is 4.98 Å². The van der Waals surface area contributed by atoms with Crippen molar-refractivity contribution >= 4 is 32.8 Å². The van der Waals surface area contributed by atoms with Gasteiger partial charge < -0.3 is 9.72 Å². The maximum atomic E-state index is 11.2. The molecule has 0 aliphatic rings. The Hall–Kier alpha value is -1.36. The number of nitrogens with zero attached hydrogens (tertiary/aromatic N) is 1. The molecule has 14 heavy (non-hydrogen) atoms. The van der Waals surface area contributed by atoms with E-state index in [1.165, 1.54) is 7.11 Å². The molecular weight excluding hydrogens is 248 g/mol.